The number of rotatable bonds is 3. The van der Waals surface area contributed by atoms with E-state index in [0.717, 1.165) is 17.7 Å². The van der Waals surface area contributed by atoms with Crippen molar-refractivity contribution in [2.75, 3.05) is 7.11 Å². The summed E-state index contributed by atoms with van der Waals surface area (Å²) in [6.45, 7) is 2.02. The molecule has 0 bridgehead atoms. The largest absolute Gasteiger partial charge is 0.496 e. The quantitative estimate of drug-likeness (QED) is 0.912. The molecule has 2 atom stereocenters. The third-order valence-corrected chi connectivity index (χ3v) is 3.57. The fourth-order valence-electron chi connectivity index (χ4n) is 2.55. The molecule has 20 heavy (non-hydrogen) atoms. The Morgan fingerprint density at radius 3 is 2.95 bits per heavy atom. The van der Waals surface area contributed by atoms with Crippen molar-refractivity contribution in [1.82, 2.24) is 15.0 Å². The average Bonchev–Trinajstić information content (AvgIpc) is 3.00. The van der Waals surface area contributed by atoms with E-state index in [9.17, 15) is 5.11 Å². The number of methoxy groups -OCH3 is 1. The maximum Gasteiger partial charge on any atom is 0.126 e. The van der Waals surface area contributed by atoms with Crippen molar-refractivity contribution in [2.24, 2.45) is 7.05 Å². The lowest BCUT2D eigenvalue weighted by atomic mass is 10.0. The van der Waals surface area contributed by atoms with Crippen LogP contribution in [0.15, 0.2) is 18.3 Å². The zero-order chi connectivity index (χ0) is 14.3. The van der Waals surface area contributed by atoms with Gasteiger partial charge in [0, 0.05) is 24.6 Å². The van der Waals surface area contributed by atoms with Crippen molar-refractivity contribution in [1.29, 1.82) is 0 Å². The summed E-state index contributed by atoms with van der Waals surface area (Å²) in [5.41, 5.74) is 2.37. The van der Waals surface area contributed by atoms with Gasteiger partial charge in [0.05, 0.1) is 19.0 Å². The molecular formula is C14H17N3O3. The van der Waals surface area contributed by atoms with Crippen LogP contribution >= 0.6 is 0 Å². The van der Waals surface area contributed by atoms with Gasteiger partial charge in [-0.2, -0.15) is 0 Å². The molecule has 1 aromatic carbocycles. The lowest BCUT2D eigenvalue weighted by Crippen LogP contribution is -2.08. The zero-order valence-corrected chi connectivity index (χ0v) is 11.7. The number of hydrogen-bond donors (Lipinski definition) is 1. The van der Waals surface area contributed by atoms with Crippen LogP contribution in [0.5, 0.6) is 11.5 Å². The highest BCUT2D eigenvalue weighted by atomic mass is 16.5. The second kappa shape index (κ2) is 4.79. The molecule has 0 radical (unpaired) electrons. The van der Waals surface area contributed by atoms with E-state index >= 15 is 0 Å². The van der Waals surface area contributed by atoms with E-state index in [2.05, 4.69) is 10.3 Å². The molecule has 0 saturated heterocycles. The summed E-state index contributed by atoms with van der Waals surface area (Å²) in [5, 5.41) is 18.2. The van der Waals surface area contributed by atoms with Crippen molar-refractivity contribution in [3.05, 3.63) is 35.2 Å². The van der Waals surface area contributed by atoms with Gasteiger partial charge in [0.1, 0.15) is 23.7 Å². The molecule has 6 heteroatoms. The molecule has 2 unspecified atom stereocenters. The summed E-state index contributed by atoms with van der Waals surface area (Å²) < 4.78 is 12.7. The van der Waals surface area contributed by atoms with Gasteiger partial charge >= 0.3 is 0 Å². The first kappa shape index (κ1) is 12.9. The second-order valence-electron chi connectivity index (χ2n) is 5.02. The normalized spacial score (nSPS) is 18.5. The predicted octanol–water partition coefficient (Wildman–Crippen LogP) is 1.23. The molecule has 6 nitrogen and oxygen atoms in total. The Bertz CT molecular complexity index is 639. The summed E-state index contributed by atoms with van der Waals surface area (Å²) in [5.74, 6) is 1.46. The van der Waals surface area contributed by atoms with Crippen LogP contribution in [0.3, 0.4) is 0 Å². The van der Waals surface area contributed by atoms with Crippen LogP contribution in [-0.2, 0) is 13.5 Å². The molecule has 0 spiro atoms. The molecular weight excluding hydrogens is 258 g/mol. The second-order valence-corrected chi connectivity index (χ2v) is 5.02. The fraction of sp³-hybridized carbons (Fsp3) is 0.429. The minimum atomic E-state index is -0.852. The van der Waals surface area contributed by atoms with Crippen molar-refractivity contribution in [2.45, 2.75) is 25.6 Å². The number of ether oxygens (including phenoxy) is 2. The molecule has 3 rings (SSSR count). The minimum Gasteiger partial charge on any atom is -0.496 e. The summed E-state index contributed by atoms with van der Waals surface area (Å²) >= 11 is 0. The van der Waals surface area contributed by atoms with Crippen LogP contribution in [-0.4, -0.2) is 33.3 Å². The van der Waals surface area contributed by atoms with E-state index in [1.54, 1.807) is 25.0 Å². The maximum absolute atomic E-state index is 10.5. The van der Waals surface area contributed by atoms with E-state index in [0.29, 0.717) is 17.0 Å². The Hall–Kier alpha value is -2.08. The van der Waals surface area contributed by atoms with Crippen LogP contribution in [0, 0.1) is 0 Å². The van der Waals surface area contributed by atoms with Crippen LogP contribution in [0.2, 0.25) is 0 Å². The molecule has 0 amide bonds. The van der Waals surface area contributed by atoms with Gasteiger partial charge in [-0.3, -0.25) is 0 Å². The van der Waals surface area contributed by atoms with E-state index in [1.165, 1.54) is 0 Å². The molecule has 0 saturated carbocycles. The van der Waals surface area contributed by atoms with Crippen molar-refractivity contribution < 1.29 is 14.6 Å². The highest BCUT2D eigenvalue weighted by molar-refractivity contribution is 5.50. The monoisotopic (exact) mass is 275 g/mol. The summed E-state index contributed by atoms with van der Waals surface area (Å²) in [6.07, 6.45) is 1.70. The SMILES string of the molecule is COc1cc2c(cc1C(O)c1cnnn1C)OC(C)C2. The predicted molar refractivity (Wildman–Crippen MR) is 71.9 cm³/mol. The number of aliphatic hydroxyl groups is 1. The number of hydrogen-bond acceptors (Lipinski definition) is 5. The Labute approximate surface area is 116 Å². The number of benzene rings is 1. The van der Waals surface area contributed by atoms with Crippen LogP contribution in [0.1, 0.15) is 29.8 Å². The molecule has 1 aliphatic rings. The lowest BCUT2D eigenvalue weighted by molar-refractivity contribution is 0.203. The summed E-state index contributed by atoms with van der Waals surface area (Å²) in [7, 11) is 3.34. The first-order valence-corrected chi connectivity index (χ1v) is 6.50. The Kier molecular flexibility index (Phi) is 3.10. The van der Waals surface area contributed by atoms with Crippen molar-refractivity contribution in [3.63, 3.8) is 0 Å². The highest BCUT2D eigenvalue weighted by Crippen LogP contribution is 2.38. The number of aryl methyl sites for hydroxylation is 1. The standard InChI is InChI=1S/C14H17N3O3/c1-8-4-9-5-13(19-3)10(6-12(9)20-8)14(18)11-7-15-16-17(11)2/h5-8,14,18H,4H2,1-3H3. The molecule has 0 aliphatic carbocycles. The molecule has 2 aromatic rings. The zero-order valence-electron chi connectivity index (χ0n) is 11.7. The van der Waals surface area contributed by atoms with Crippen LogP contribution in [0.25, 0.3) is 0 Å². The van der Waals surface area contributed by atoms with E-state index < -0.39 is 6.10 Å². The number of nitrogens with zero attached hydrogens (tertiary/aromatic N) is 3. The van der Waals surface area contributed by atoms with Crippen molar-refractivity contribution >= 4 is 0 Å². The van der Waals surface area contributed by atoms with Gasteiger partial charge in [-0.05, 0) is 19.1 Å². The van der Waals surface area contributed by atoms with Gasteiger partial charge in [-0.25, -0.2) is 4.68 Å². The van der Waals surface area contributed by atoms with Gasteiger partial charge in [0.2, 0.25) is 0 Å². The van der Waals surface area contributed by atoms with E-state index in [1.807, 2.05) is 19.1 Å². The molecule has 1 aliphatic heterocycles. The molecule has 106 valence electrons. The van der Waals surface area contributed by atoms with E-state index in [-0.39, 0.29) is 6.10 Å². The third kappa shape index (κ3) is 2.02. The topological polar surface area (TPSA) is 69.4 Å². The van der Waals surface area contributed by atoms with Gasteiger partial charge in [-0.15, -0.1) is 5.10 Å². The first-order chi connectivity index (χ1) is 9.60. The highest BCUT2D eigenvalue weighted by Gasteiger charge is 2.26. The van der Waals surface area contributed by atoms with Crippen molar-refractivity contribution in [3.8, 4) is 11.5 Å². The fourth-order valence-corrected chi connectivity index (χ4v) is 2.55. The Balaban J connectivity index is 2.05. The van der Waals surface area contributed by atoms with Gasteiger partial charge < -0.3 is 14.6 Å². The smallest absolute Gasteiger partial charge is 0.126 e. The molecule has 1 aromatic heterocycles. The minimum absolute atomic E-state index is 0.153. The van der Waals surface area contributed by atoms with Gasteiger partial charge in [-0.1, -0.05) is 5.21 Å². The van der Waals surface area contributed by atoms with E-state index in [4.69, 9.17) is 9.47 Å². The molecule has 0 fully saturated rings. The first-order valence-electron chi connectivity index (χ1n) is 6.50. The Morgan fingerprint density at radius 1 is 1.50 bits per heavy atom. The third-order valence-electron chi connectivity index (χ3n) is 3.57. The van der Waals surface area contributed by atoms with Crippen LogP contribution in [0.4, 0.5) is 0 Å². The van der Waals surface area contributed by atoms with Gasteiger partial charge in [0.25, 0.3) is 0 Å². The summed E-state index contributed by atoms with van der Waals surface area (Å²) in [4.78, 5) is 0. The van der Waals surface area contributed by atoms with Gasteiger partial charge in [0.15, 0.2) is 0 Å². The Morgan fingerprint density at radius 2 is 2.30 bits per heavy atom. The molecule has 2 heterocycles. The van der Waals surface area contributed by atoms with Crippen LogP contribution < -0.4 is 9.47 Å². The maximum atomic E-state index is 10.5. The summed E-state index contributed by atoms with van der Waals surface area (Å²) in [6, 6.07) is 3.77. The number of aromatic nitrogens is 3. The lowest BCUT2D eigenvalue weighted by Gasteiger charge is -2.16. The average molecular weight is 275 g/mol. The number of aliphatic hydroxyl groups excluding tert-OH is 1. The number of fused-ring (bicyclic) bond motifs is 1. The molecule has 1 N–H and O–H groups in total.